The van der Waals surface area contributed by atoms with E-state index in [9.17, 15) is 9.90 Å². The summed E-state index contributed by atoms with van der Waals surface area (Å²) < 4.78 is 5.81. The molecule has 0 amide bonds. The first-order chi connectivity index (χ1) is 12.5. The summed E-state index contributed by atoms with van der Waals surface area (Å²) in [5.41, 5.74) is 3.01. The van der Waals surface area contributed by atoms with Gasteiger partial charge in [-0.1, -0.05) is 66.7 Å². The second-order valence-corrected chi connectivity index (χ2v) is 6.81. The van der Waals surface area contributed by atoms with Gasteiger partial charge in [0, 0.05) is 0 Å². The monoisotopic (exact) mass is 346 g/mol. The van der Waals surface area contributed by atoms with Crippen LogP contribution in [0.4, 0.5) is 0 Å². The lowest BCUT2D eigenvalue weighted by Crippen LogP contribution is -2.28. The minimum Gasteiger partial charge on any atom is -0.489 e. The highest BCUT2D eigenvalue weighted by atomic mass is 16.5. The van der Waals surface area contributed by atoms with Crippen molar-refractivity contribution < 1.29 is 14.6 Å². The largest absolute Gasteiger partial charge is 0.489 e. The van der Waals surface area contributed by atoms with Gasteiger partial charge in [0.2, 0.25) is 0 Å². The average Bonchev–Trinajstić information content (AvgIpc) is 2.67. The molecular formula is C23H22O3. The minimum atomic E-state index is -0.922. The zero-order chi connectivity index (χ0) is 18.6. The van der Waals surface area contributed by atoms with Gasteiger partial charge >= 0.3 is 5.97 Å². The first-order valence-electron chi connectivity index (χ1n) is 8.58. The first kappa shape index (κ1) is 17.7. The molecule has 0 unspecified atom stereocenters. The van der Waals surface area contributed by atoms with Gasteiger partial charge in [0.15, 0.2) is 0 Å². The van der Waals surface area contributed by atoms with Crippen LogP contribution in [0.2, 0.25) is 0 Å². The number of hydrogen-bond acceptors (Lipinski definition) is 2. The van der Waals surface area contributed by atoms with Gasteiger partial charge < -0.3 is 9.84 Å². The minimum absolute atomic E-state index is 0.530. The topological polar surface area (TPSA) is 46.5 Å². The van der Waals surface area contributed by atoms with Crippen molar-refractivity contribution in [3.05, 3.63) is 90.0 Å². The van der Waals surface area contributed by atoms with E-state index in [1.165, 1.54) is 0 Å². The quantitative estimate of drug-likeness (QED) is 0.659. The molecule has 132 valence electrons. The Labute approximate surface area is 153 Å². The molecule has 0 aliphatic heterocycles. The highest BCUT2D eigenvalue weighted by Crippen LogP contribution is 2.29. The fourth-order valence-electron chi connectivity index (χ4n) is 2.70. The van der Waals surface area contributed by atoms with Crippen LogP contribution < -0.4 is 4.74 Å². The molecular weight excluding hydrogens is 324 g/mol. The molecule has 0 heterocycles. The third kappa shape index (κ3) is 3.94. The molecule has 1 N–H and O–H groups in total. The maximum Gasteiger partial charge on any atom is 0.313 e. The normalized spacial score (nSPS) is 11.2. The summed E-state index contributed by atoms with van der Waals surface area (Å²) >= 11 is 0. The van der Waals surface area contributed by atoms with E-state index in [1.54, 1.807) is 13.8 Å². The Hall–Kier alpha value is -3.07. The number of carboxylic acids is 1. The maximum atomic E-state index is 11.5. The van der Waals surface area contributed by atoms with Crippen LogP contribution in [0.15, 0.2) is 78.9 Å². The van der Waals surface area contributed by atoms with Gasteiger partial charge in [-0.3, -0.25) is 4.79 Å². The molecule has 3 aromatic carbocycles. The molecule has 0 radical (unpaired) electrons. The summed E-state index contributed by atoms with van der Waals surface area (Å²) in [4.78, 5) is 11.5. The molecule has 3 heteroatoms. The second kappa shape index (κ2) is 7.44. The fraction of sp³-hybridized carbons (Fsp3) is 0.174. The summed E-state index contributed by atoms with van der Waals surface area (Å²) in [7, 11) is 0. The summed E-state index contributed by atoms with van der Waals surface area (Å²) in [6.45, 7) is 3.96. The molecule has 0 aromatic heterocycles. The van der Waals surface area contributed by atoms with Crippen molar-refractivity contribution in [2.75, 3.05) is 0 Å². The number of hydrogen-bond donors (Lipinski definition) is 1. The van der Waals surface area contributed by atoms with Crippen molar-refractivity contribution in [2.24, 2.45) is 0 Å². The smallest absolute Gasteiger partial charge is 0.313 e. The van der Waals surface area contributed by atoms with E-state index in [0.29, 0.717) is 6.61 Å². The molecule has 3 rings (SSSR count). The van der Waals surface area contributed by atoms with Crippen molar-refractivity contribution in [1.82, 2.24) is 0 Å². The summed E-state index contributed by atoms with van der Waals surface area (Å²) in [5, 5.41) is 9.43. The van der Waals surface area contributed by atoms with Crippen LogP contribution in [0.1, 0.15) is 25.0 Å². The van der Waals surface area contributed by atoms with Crippen LogP contribution in [0.5, 0.6) is 5.75 Å². The summed E-state index contributed by atoms with van der Waals surface area (Å²) in [5.74, 6) is -0.0288. The van der Waals surface area contributed by atoms with Crippen molar-refractivity contribution >= 4 is 5.97 Å². The van der Waals surface area contributed by atoms with Crippen molar-refractivity contribution in [2.45, 2.75) is 25.9 Å². The number of benzene rings is 3. The van der Waals surface area contributed by atoms with E-state index in [0.717, 1.165) is 28.0 Å². The molecule has 3 nitrogen and oxygen atoms in total. The van der Waals surface area contributed by atoms with E-state index in [1.807, 2.05) is 78.9 Å². The molecule has 0 saturated heterocycles. The Morgan fingerprint density at radius 2 is 1.58 bits per heavy atom. The summed E-state index contributed by atoms with van der Waals surface area (Å²) in [6.07, 6.45) is 0. The Morgan fingerprint density at radius 1 is 0.885 bits per heavy atom. The Morgan fingerprint density at radius 3 is 2.23 bits per heavy atom. The van der Waals surface area contributed by atoms with Crippen molar-refractivity contribution in [3.63, 3.8) is 0 Å². The molecule has 0 atom stereocenters. The first-order valence-corrected chi connectivity index (χ1v) is 8.58. The van der Waals surface area contributed by atoms with E-state index < -0.39 is 11.4 Å². The van der Waals surface area contributed by atoms with Crippen LogP contribution >= 0.6 is 0 Å². The van der Waals surface area contributed by atoms with Crippen LogP contribution in [0, 0.1) is 0 Å². The third-order valence-corrected chi connectivity index (χ3v) is 4.55. The zero-order valence-electron chi connectivity index (χ0n) is 15.0. The predicted octanol–water partition coefficient (Wildman–Crippen LogP) is 5.29. The van der Waals surface area contributed by atoms with Crippen LogP contribution in [0.3, 0.4) is 0 Å². The number of rotatable bonds is 6. The molecule has 0 spiro atoms. The number of carboxylic acid groups (broad SMARTS) is 1. The lowest BCUT2D eigenvalue weighted by atomic mass is 9.83. The SMILES string of the molecule is CC(C)(C(=O)O)c1cccc(-c2ccc(OCc3ccccc3)cc2)c1. The molecule has 26 heavy (non-hydrogen) atoms. The van der Waals surface area contributed by atoms with Crippen LogP contribution in [-0.4, -0.2) is 11.1 Å². The van der Waals surface area contributed by atoms with Gasteiger partial charge in [-0.25, -0.2) is 0 Å². The summed E-state index contributed by atoms with van der Waals surface area (Å²) in [6, 6.07) is 25.6. The van der Waals surface area contributed by atoms with Gasteiger partial charge in [0.05, 0.1) is 5.41 Å². The maximum absolute atomic E-state index is 11.5. The lowest BCUT2D eigenvalue weighted by molar-refractivity contribution is -0.142. The molecule has 0 aliphatic rings. The highest BCUT2D eigenvalue weighted by Gasteiger charge is 2.29. The molecule has 0 saturated carbocycles. The molecule has 3 aromatic rings. The van der Waals surface area contributed by atoms with Gasteiger partial charge in [0.25, 0.3) is 0 Å². The Balaban J connectivity index is 1.75. The highest BCUT2D eigenvalue weighted by molar-refractivity contribution is 5.81. The van der Waals surface area contributed by atoms with E-state index in [-0.39, 0.29) is 0 Å². The standard InChI is InChI=1S/C23H22O3/c1-23(2,22(24)25)20-10-6-9-19(15-20)18-11-13-21(14-12-18)26-16-17-7-4-3-5-8-17/h3-15H,16H2,1-2H3,(H,24,25). The third-order valence-electron chi connectivity index (χ3n) is 4.55. The number of aliphatic carboxylic acids is 1. The fourth-order valence-corrected chi connectivity index (χ4v) is 2.70. The van der Waals surface area contributed by atoms with Crippen molar-refractivity contribution in [3.8, 4) is 16.9 Å². The zero-order valence-corrected chi connectivity index (χ0v) is 15.0. The van der Waals surface area contributed by atoms with Gasteiger partial charge in [-0.2, -0.15) is 0 Å². The second-order valence-electron chi connectivity index (χ2n) is 6.81. The van der Waals surface area contributed by atoms with Gasteiger partial charge in [0.1, 0.15) is 12.4 Å². The number of carbonyl (C=O) groups is 1. The van der Waals surface area contributed by atoms with E-state index in [4.69, 9.17) is 4.74 Å². The average molecular weight is 346 g/mol. The molecule has 0 bridgehead atoms. The predicted molar refractivity (Wildman–Crippen MR) is 103 cm³/mol. The van der Waals surface area contributed by atoms with Gasteiger partial charge in [-0.15, -0.1) is 0 Å². The Bertz CT molecular complexity index is 881. The van der Waals surface area contributed by atoms with Crippen LogP contribution in [-0.2, 0) is 16.8 Å². The number of ether oxygens (including phenoxy) is 1. The van der Waals surface area contributed by atoms with Gasteiger partial charge in [-0.05, 0) is 48.2 Å². The molecule has 0 aliphatic carbocycles. The van der Waals surface area contributed by atoms with Crippen molar-refractivity contribution in [1.29, 1.82) is 0 Å². The Kier molecular flexibility index (Phi) is 5.08. The van der Waals surface area contributed by atoms with Crippen LogP contribution in [0.25, 0.3) is 11.1 Å². The lowest BCUT2D eigenvalue weighted by Gasteiger charge is -2.20. The molecule has 0 fully saturated rings. The van der Waals surface area contributed by atoms with E-state index >= 15 is 0 Å². The van der Waals surface area contributed by atoms with E-state index in [2.05, 4.69) is 0 Å².